The van der Waals surface area contributed by atoms with Crippen LogP contribution in [0.15, 0.2) is 36.5 Å². The summed E-state index contributed by atoms with van der Waals surface area (Å²) < 4.78 is 0. The summed E-state index contributed by atoms with van der Waals surface area (Å²) in [6, 6.07) is 8.46. The number of nitrogens with one attached hydrogen (secondary N) is 3. The van der Waals surface area contributed by atoms with Crippen molar-refractivity contribution in [3.8, 4) is 11.4 Å². The lowest BCUT2D eigenvalue weighted by molar-refractivity contribution is 0.102. The van der Waals surface area contributed by atoms with Crippen LogP contribution in [0.2, 0.25) is 0 Å². The van der Waals surface area contributed by atoms with E-state index in [-0.39, 0.29) is 23.2 Å². The van der Waals surface area contributed by atoms with Crippen LogP contribution in [-0.2, 0) is 0 Å². The molecule has 4 rings (SSSR count). The molecule has 0 atom stereocenters. The third-order valence-electron chi connectivity index (χ3n) is 6.26. The summed E-state index contributed by atoms with van der Waals surface area (Å²) in [4.78, 5) is 31.9. The first-order chi connectivity index (χ1) is 16.2. The molecule has 3 aromatic rings. The van der Waals surface area contributed by atoms with Crippen molar-refractivity contribution in [3.05, 3.63) is 47.7 Å². The van der Waals surface area contributed by atoms with Gasteiger partial charge in [0.2, 0.25) is 5.82 Å². The Bertz CT molecular complexity index is 1140. The van der Waals surface area contributed by atoms with Crippen LogP contribution in [-0.4, -0.2) is 55.5 Å². The van der Waals surface area contributed by atoms with E-state index in [1.54, 1.807) is 30.5 Å². The number of carbonyl (C=O) groups excluding carboxylic acids is 2. The Morgan fingerprint density at radius 2 is 1.85 bits per heavy atom. The highest BCUT2D eigenvalue weighted by molar-refractivity contribution is 6.08. The zero-order valence-corrected chi connectivity index (χ0v) is 19.9. The van der Waals surface area contributed by atoms with Crippen molar-refractivity contribution in [2.24, 2.45) is 11.3 Å². The Hall–Kier alpha value is -3.82. The topological polar surface area (TPSA) is 129 Å². The van der Waals surface area contributed by atoms with Crippen LogP contribution in [0.1, 0.15) is 49.5 Å². The molecule has 10 nitrogen and oxygen atoms in total. The van der Waals surface area contributed by atoms with Gasteiger partial charge in [-0.2, -0.15) is 5.21 Å². The molecule has 178 valence electrons. The number of likely N-dealkylation sites (tertiary alicyclic amines) is 1. The van der Waals surface area contributed by atoms with E-state index in [9.17, 15) is 9.59 Å². The quantitative estimate of drug-likeness (QED) is 0.535. The number of pyridine rings is 1. The number of anilines is 2. The summed E-state index contributed by atoms with van der Waals surface area (Å²) in [6.45, 7) is 10.1. The molecule has 1 fully saturated rings. The van der Waals surface area contributed by atoms with Gasteiger partial charge in [-0.1, -0.05) is 26.8 Å². The van der Waals surface area contributed by atoms with Crippen molar-refractivity contribution < 1.29 is 9.59 Å². The first kappa shape index (κ1) is 23.3. The molecule has 0 aliphatic carbocycles. The number of carbonyl (C=O) groups is 2. The number of piperidine rings is 1. The fourth-order valence-electron chi connectivity index (χ4n) is 4.16. The molecule has 3 N–H and O–H groups in total. The van der Waals surface area contributed by atoms with E-state index in [1.165, 1.54) is 0 Å². The highest BCUT2D eigenvalue weighted by Gasteiger charge is 2.30. The predicted octanol–water partition coefficient (Wildman–Crippen LogP) is 4.11. The predicted molar refractivity (Wildman–Crippen MR) is 129 cm³/mol. The van der Waals surface area contributed by atoms with Gasteiger partial charge in [-0.3, -0.25) is 4.79 Å². The van der Waals surface area contributed by atoms with E-state index in [0.717, 1.165) is 31.5 Å². The number of aromatic amines is 1. The summed E-state index contributed by atoms with van der Waals surface area (Å²) >= 11 is 0. The van der Waals surface area contributed by atoms with E-state index in [4.69, 9.17) is 0 Å². The highest BCUT2D eigenvalue weighted by atomic mass is 16.2. The maximum absolute atomic E-state index is 13.0. The zero-order chi connectivity index (χ0) is 24.3. The summed E-state index contributed by atoms with van der Waals surface area (Å²) in [6.07, 6.45) is 3.65. The maximum Gasteiger partial charge on any atom is 0.321 e. The number of aromatic nitrogens is 5. The van der Waals surface area contributed by atoms with Crippen molar-refractivity contribution in [3.63, 3.8) is 0 Å². The van der Waals surface area contributed by atoms with Gasteiger partial charge < -0.3 is 15.5 Å². The number of rotatable bonds is 4. The first-order valence-corrected chi connectivity index (χ1v) is 11.4. The molecule has 1 aliphatic rings. The normalized spacial score (nSPS) is 14.6. The SMILES string of the molecule is Cc1ccc(NC(=O)c2ccc(NC(=O)N3CCC(C(C)(C)C)CC3)cc2-c2nn[nH]n2)nc1. The Morgan fingerprint density at radius 1 is 1.09 bits per heavy atom. The largest absolute Gasteiger partial charge is 0.325 e. The minimum Gasteiger partial charge on any atom is -0.325 e. The van der Waals surface area contributed by atoms with Crippen LogP contribution in [0.25, 0.3) is 11.4 Å². The van der Waals surface area contributed by atoms with Crippen LogP contribution in [0, 0.1) is 18.3 Å². The molecule has 34 heavy (non-hydrogen) atoms. The molecule has 2 aromatic heterocycles. The number of benzene rings is 1. The molecule has 0 unspecified atom stereocenters. The van der Waals surface area contributed by atoms with E-state index in [1.807, 2.05) is 17.9 Å². The third kappa shape index (κ3) is 5.38. The smallest absolute Gasteiger partial charge is 0.321 e. The number of H-pyrrole nitrogens is 1. The standard InChI is InChI=1S/C24H30N8O2/c1-15-5-8-20(25-14-15)27-22(33)18-7-6-17(13-19(18)21-28-30-31-29-21)26-23(34)32-11-9-16(10-12-32)24(2,3)4/h5-8,13-14,16H,9-12H2,1-4H3,(H,26,34)(H,25,27,33)(H,28,29,30,31). The number of hydrogen-bond donors (Lipinski definition) is 3. The fourth-order valence-corrected chi connectivity index (χ4v) is 4.16. The van der Waals surface area contributed by atoms with E-state index < -0.39 is 0 Å². The van der Waals surface area contributed by atoms with Gasteiger partial charge in [0.1, 0.15) is 5.82 Å². The van der Waals surface area contributed by atoms with Gasteiger partial charge in [0.05, 0.1) is 5.56 Å². The average Bonchev–Trinajstić information content (AvgIpc) is 3.35. The van der Waals surface area contributed by atoms with Crippen molar-refractivity contribution in [1.82, 2.24) is 30.5 Å². The monoisotopic (exact) mass is 462 g/mol. The van der Waals surface area contributed by atoms with Crippen LogP contribution >= 0.6 is 0 Å². The molecule has 1 aliphatic heterocycles. The zero-order valence-electron chi connectivity index (χ0n) is 19.9. The molecular formula is C24H30N8O2. The number of tetrazole rings is 1. The molecule has 0 spiro atoms. The van der Waals surface area contributed by atoms with Gasteiger partial charge in [0, 0.05) is 30.5 Å². The van der Waals surface area contributed by atoms with E-state index in [0.29, 0.717) is 28.6 Å². The second kappa shape index (κ2) is 9.58. The second-order valence-corrected chi connectivity index (χ2v) is 9.73. The second-order valence-electron chi connectivity index (χ2n) is 9.73. The highest BCUT2D eigenvalue weighted by Crippen LogP contribution is 2.34. The lowest BCUT2D eigenvalue weighted by Crippen LogP contribution is -2.43. The molecule has 3 amide bonds. The summed E-state index contributed by atoms with van der Waals surface area (Å²) in [5.41, 5.74) is 2.57. The Kier molecular flexibility index (Phi) is 6.58. The lowest BCUT2D eigenvalue weighted by atomic mass is 9.75. The molecular weight excluding hydrogens is 432 g/mol. The van der Waals surface area contributed by atoms with Gasteiger partial charge in [-0.15, -0.1) is 10.2 Å². The molecule has 1 saturated heterocycles. The van der Waals surface area contributed by atoms with Crippen LogP contribution in [0.5, 0.6) is 0 Å². The number of hydrogen-bond acceptors (Lipinski definition) is 6. The maximum atomic E-state index is 13.0. The number of urea groups is 1. The summed E-state index contributed by atoms with van der Waals surface area (Å²) in [5, 5.41) is 19.8. The first-order valence-electron chi connectivity index (χ1n) is 11.4. The van der Waals surface area contributed by atoms with Crippen molar-refractivity contribution in [2.45, 2.75) is 40.5 Å². The van der Waals surface area contributed by atoms with Crippen molar-refractivity contribution in [2.75, 3.05) is 23.7 Å². The Morgan fingerprint density at radius 3 is 2.47 bits per heavy atom. The Labute approximate surface area is 198 Å². The van der Waals surface area contributed by atoms with Gasteiger partial charge in [0.15, 0.2) is 0 Å². The van der Waals surface area contributed by atoms with E-state index >= 15 is 0 Å². The van der Waals surface area contributed by atoms with Gasteiger partial charge in [-0.05, 0) is 66.1 Å². The molecule has 0 saturated carbocycles. The van der Waals surface area contributed by atoms with Crippen LogP contribution in [0.4, 0.5) is 16.3 Å². The van der Waals surface area contributed by atoms with E-state index in [2.05, 4.69) is 57.0 Å². The minimum absolute atomic E-state index is 0.160. The number of aryl methyl sites for hydroxylation is 1. The lowest BCUT2D eigenvalue weighted by Gasteiger charge is -2.38. The average molecular weight is 463 g/mol. The summed E-state index contributed by atoms with van der Waals surface area (Å²) in [5.74, 6) is 0.926. The molecule has 0 bridgehead atoms. The number of nitrogens with zero attached hydrogens (tertiary/aromatic N) is 5. The van der Waals surface area contributed by atoms with Gasteiger partial charge in [0.25, 0.3) is 5.91 Å². The van der Waals surface area contributed by atoms with Crippen molar-refractivity contribution >= 4 is 23.4 Å². The fraction of sp³-hybridized carbons (Fsp3) is 0.417. The molecule has 10 heteroatoms. The van der Waals surface area contributed by atoms with Crippen molar-refractivity contribution in [1.29, 1.82) is 0 Å². The molecule has 1 aromatic carbocycles. The third-order valence-corrected chi connectivity index (χ3v) is 6.26. The molecule has 0 radical (unpaired) electrons. The van der Waals surface area contributed by atoms with Gasteiger partial charge in [-0.25, -0.2) is 9.78 Å². The van der Waals surface area contributed by atoms with Crippen LogP contribution < -0.4 is 10.6 Å². The van der Waals surface area contributed by atoms with Gasteiger partial charge >= 0.3 is 6.03 Å². The summed E-state index contributed by atoms with van der Waals surface area (Å²) in [7, 11) is 0. The Balaban J connectivity index is 1.50. The minimum atomic E-state index is -0.363. The van der Waals surface area contributed by atoms with Crippen LogP contribution in [0.3, 0.4) is 0 Å². The number of amides is 3. The molecule has 3 heterocycles.